The van der Waals surface area contributed by atoms with E-state index in [0.717, 1.165) is 24.3 Å². The van der Waals surface area contributed by atoms with Crippen LogP contribution in [0.5, 0.6) is 23.0 Å². The molecule has 11 nitrogen and oxygen atoms in total. The number of ketones is 2. The molecule has 164 valence electrons. The molecule has 0 radical (unpaired) electrons. The number of fused-ring (bicyclic) bond motifs is 2. The highest BCUT2D eigenvalue weighted by Crippen LogP contribution is 2.40. The van der Waals surface area contributed by atoms with Crippen molar-refractivity contribution in [1.29, 1.82) is 0 Å². The number of hydrogen-bond acceptors (Lipinski definition) is 11. The van der Waals surface area contributed by atoms with Gasteiger partial charge in [0, 0.05) is 23.3 Å². The lowest BCUT2D eigenvalue weighted by atomic mass is 9.83. The van der Waals surface area contributed by atoms with E-state index in [1.54, 1.807) is 0 Å². The molecule has 2 aliphatic rings. The molecular weight excluding hydrogens is 416 g/mol. The lowest BCUT2D eigenvalue weighted by Crippen LogP contribution is -2.60. The maximum atomic E-state index is 12.9. The molecule has 0 aromatic heterocycles. The van der Waals surface area contributed by atoms with E-state index >= 15 is 0 Å². The topological polar surface area (TPSA) is 194 Å². The smallest absolute Gasteiger partial charge is 0.229 e. The van der Waals surface area contributed by atoms with Crippen LogP contribution in [0.25, 0.3) is 0 Å². The molecule has 1 saturated heterocycles. The summed E-state index contributed by atoms with van der Waals surface area (Å²) >= 11 is 0. The Morgan fingerprint density at radius 2 is 1.42 bits per heavy atom. The minimum absolute atomic E-state index is 0.227. The maximum absolute atomic E-state index is 12.9. The van der Waals surface area contributed by atoms with E-state index in [-0.39, 0.29) is 28.0 Å². The predicted molar refractivity (Wildman–Crippen MR) is 99.1 cm³/mol. The molecule has 0 bridgehead atoms. The van der Waals surface area contributed by atoms with Gasteiger partial charge >= 0.3 is 0 Å². The van der Waals surface area contributed by atoms with Crippen molar-refractivity contribution in [3.63, 3.8) is 0 Å². The molecule has 0 amide bonds. The van der Waals surface area contributed by atoms with Gasteiger partial charge in [0.15, 0.2) is 5.78 Å². The summed E-state index contributed by atoms with van der Waals surface area (Å²) in [5, 5.41) is 69.1. The average Bonchev–Trinajstić information content (AvgIpc) is 2.71. The number of aliphatic hydroxyl groups is 4. The first-order valence-corrected chi connectivity index (χ1v) is 9.13. The zero-order valence-electron chi connectivity index (χ0n) is 15.7. The van der Waals surface area contributed by atoms with E-state index in [0.29, 0.717) is 0 Å². The van der Waals surface area contributed by atoms with Crippen LogP contribution in [0.3, 0.4) is 0 Å². The Kier molecular flexibility index (Phi) is 5.07. The Hall–Kier alpha value is -3.22. The summed E-state index contributed by atoms with van der Waals surface area (Å²) in [5.41, 5.74) is -1.32. The Bertz CT molecular complexity index is 1080. The molecule has 2 aromatic rings. The number of aromatic hydroxyl groups is 3. The second kappa shape index (κ2) is 7.48. The zero-order valence-corrected chi connectivity index (χ0v) is 15.7. The molecular formula is C20H18O11. The number of hydrogen-bond donors (Lipinski definition) is 7. The van der Waals surface area contributed by atoms with Gasteiger partial charge < -0.3 is 45.2 Å². The minimum Gasteiger partial charge on any atom is -0.508 e. The number of carbonyl (C=O) groups excluding carboxylic acids is 2. The van der Waals surface area contributed by atoms with E-state index in [1.165, 1.54) is 0 Å². The van der Waals surface area contributed by atoms with E-state index in [2.05, 4.69) is 0 Å². The van der Waals surface area contributed by atoms with Gasteiger partial charge in [0.1, 0.15) is 47.4 Å². The number of phenols is 3. The highest BCUT2D eigenvalue weighted by Gasteiger charge is 2.45. The summed E-state index contributed by atoms with van der Waals surface area (Å²) in [6.07, 6.45) is -7.86. The molecule has 5 atom stereocenters. The fourth-order valence-corrected chi connectivity index (χ4v) is 3.69. The molecule has 0 saturated carbocycles. The minimum atomic E-state index is -1.73. The Labute approximate surface area is 174 Å². The normalized spacial score (nSPS) is 27.5. The number of carbonyl (C=O) groups is 2. The second-order valence-corrected chi connectivity index (χ2v) is 7.23. The van der Waals surface area contributed by atoms with Gasteiger partial charge in [-0.25, -0.2) is 0 Å². The lowest BCUT2D eigenvalue weighted by molar-refractivity contribution is -0.277. The first-order valence-electron chi connectivity index (χ1n) is 9.13. The van der Waals surface area contributed by atoms with Gasteiger partial charge in [0.05, 0.1) is 17.7 Å². The first kappa shape index (κ1) is 21.0. The summed E-state index contributed by atoms with van der Waals surface area (Å²) in [5.74, 6) is -3.59. The third-order valence-electron chi connectivity index (χ3n) is 5.24. The van der Waals surface area contributed by atoms with Crippen molar-refractivity contribution in [3.05, 3.63) is 46.5 Å². The standard InChI is InChI=1S/C20H18O11/c21-5-12-16(26)18(28)19(29)20(31-12)30-7-3-9-14(11(24)4-7)17(27)13-8(15(9)25)1-6(22)2-10(13)23/h1-4,12,16,18-24,26,28-29H,5H2/t12-,16-,18+,19-,20-/m1/s1. The van der Waals surface area contributed by atoms with Crippen LogP contribution in [-0.4, -0.2) is 84.6 Å². The number of aliphatic hydroxyl groups excluding tert-OH is 4. The van der Waals surface area contributed by atoms with Crippen LogP contribution in [0, 0.1) is 0 Å². The summed E-state index contributed by atoms with van der Waals surface area (Å²) in [4.78, 5) is 25.7. The Balaban J connectivity index is 1.72. The fourth-order valence-electron chi connectivity index (χ4n) is 3.69. The molecule has 2 aromatic carbocycles. The van der Waals surface area contributed by atoms with Crippen LogP contribution >= 0.6 is 0 Å². The predicted octanol–water partition coefficient (Wildman–Crippen LogP) is -1.24. The largest absolute Gasteiger partial charge is 0.508 e. The molecule has 11 heteroatoms. The lowest BCUT2D eigenvalue weighted by Gasteiger charge is -2.39. The van der Waals surface area contributed by atoms with E-state index in [9.17, 15) is 45.3 Å². The third-order valence-corrected chi connectivity index (χ3v) is 5.24. The van der Waals surface area contributed by atoms with Crippen molar-refractivity contribution in [1.82, 2.24) is 0 Å². The number of phenolic OH excluding ortho intramolecular Hbond substituents is 3. The van der Waals surface area contributed by atoms with Crippen molar-refractivity contribution in [2.45, 2.75) is 30.7 Å². The van der Waals surface area contributed by atoms with E-state index in [1.807, 2.05) is 0 Å². The maximum Gasteiger partial charge on any atom is 0.229 e. The SMILES string of the molecule is O=C1c2cc(O)cc(O)c2C(=O)c2c(O)cc(O[C@@H]3O[C@H](CO)[C@@H](O)[C@H](O)[C@H]3O)cc21. The molecule has 1 aliphatic heterocycles. The first-order chi connectivity index (χ1) is 14.6. The quantitative estimate of drug-likeness (QED) is 0.260. The summed E-state index contributed by atoms with van der Waals surface area (Å²) in [6.45, 7) is -0.684. The van der Waals surface area contributed by atoms with Crippen molar-refractivity contribution < 1.29 is 54.8 Å². The van der Waals surface area contributed by atoms with Gasteiger partial charge in [-0.3, -0.25) is 9.59 Å². The molecule has 1 aliphatic carbocycles. The van der Waals surface area contributed by atoms with Gasteiger partial charge in [-0.2, -0.15) is 0 Å². The summed E-state index contributed by atoms with van der Waals surface area (Å²) < 4.78 is 10.6. The monoisotopic (exact) mass is 434 g/mol. The number of rotatable bonds is 3. The van der Waals surface area contributed by atoms with Crippen LogP contribution < -0.4 is 4.74 Å². The van der Waals surface area contributed by atoms with Gasteiger partial charge in [-0.15, -0.1) is 0 Å². The van der Waals surface area contributed by atoms with E-state index in [4.69, 9.17) is 9.47 Å². The average molecular weight is 434 g/mol. The van der Waals surface area contributed by atoms with Gasteiger partial charge in [0.2, 0.25) is 12.1 Å². The third kappa shape index (κ3) is 3.28. The summed E-state index contributed by atoms with van der Waals surface area (Å²) in [6, 6.07) is 3.94. The molecule has 7 N–H and O–H groups in total. The van der Waals surface area contributed by atoms with Crippen LogP contribution in [0.2, 0.25) is 0 Å². The van der Waals surface area contributed by atoms with Crippen LogP contribution in [0.15, 0.2) is 24.3 Å². The molecule has 31 heavy (non-hydrogen) atoms. The number of benzene rings is 2. The van der Waals surface area contributed by atoms with Crippen LogP contribution in [0.1, 0.15) is 31.8 Å². The van der Waals surface area contributed by atoms with E-state index < -0.39 is 66.1 Å². The van der Waals surface area contributed by atoms with Gasteiger partial charge in [-0.05, 0) is 12.1 Å². The van der Waals surface area contributed by atoms with Crippen molar-refractivity contribution >= 4 is 11.6 Å². The number of ether oxygens (including phenoxy) is 2. The molecule has 1 heterocycles. The second-order valence-electron chi connectivity index (χ2n) is 7.23. The van der Waals surface area contributed by atoms with Crippen molar-refractivity contribution in [3.8, 4) is 23.0 Å². The summed E-state index contributed by atoms with van der Waals surface area (Å²) in [7, 11) is 0. The van der Waals surface area contributed by atoms with Crippen LogP contribution in [-0.2, 0) is 4.74 Å². The molecule has 0 spiro atoms. The molecule has 4 rings (SSSR count). The van der Waals surface area contributed by atoms with Crippen molar-refractivity contribution in [2.75, 3.05) is 6.61 Å². The zero-order chi connectivity index (χ0) is 22.6. The highest BCUT2D eigenvalue weighted by atomic mass is 16.7. The van der Waals surface area contributed by atoms with Crippen molar-refractivity contribution in [2.24, 2.45) is 0 Å². The van der Waals surface area contributed by atoms with Gasteiger partial charge in [-0.1, -0.05) is 0 Å². The fraction of sp³-hybridized carbons (Fsp3) is 0.300. The molecule has 0 unspecified atom stereocenters. The Morgan fingerprint density at radius 1 is 0.806 bits per heavy atom. The van der Waals surface area contributed by atoms with Crippen LogP contribution in [0.4, 0.5) is 0 Å². The molecule has 1 fully saturated rings. The van der Waals surface area contributed by atoms with Gasteiger partial charge in [0.25, 0.3) is 0 Å². The Morgan fingerprint density at radius 3 is 2.06 bits per heavy atom. The highest BCUT2D eigenvalue weighted by molar-refractivity contribution is 6.30.